The van der Waals surface area contributed by atoms with Crippen molar-refractivity contribution in [2.45, 2.75) is 0 Å². The summed E-state index contributed by atoms with van der Waals surface area (Å²) in [7, 11) is 0. The molecule has 1 aliphatic carbocycles. The van der Waals surface area contributed by atoms with Crippen LogP contribution in [0.3, 0.4) is 0 Å². The van der Waals surface area contributed by atoms with E-state index in [1.807, 2.05) is 0 Å². The number of rotatable bonds is 1. The van der Waals surface area contributed by atoms with Crippen molar-refractivity contribution in [2.75, 3.05) is 0 Å². The number of carbonyl (C=O) groups is 2. The van der Waals surface area contributed by atoms with E-state index >= 15 is 0 Å². The molecule has 1 aromatic carbocycles. The van der Waals surface area contributed by atoms with Crippen LogP contribution in [-0.4, -0.2) is 17.4 Å². The quantitative estimate of drug-likeness (QED) is 0.649. The molecule has 3 nitrogen and oxygen atoms in total. The predicted octanol–water partition coefficient (Wildman–Crippen LogP) is 4.88. The fraction of sp³-hybridized carbons (Fsp3) is 0. The molecule has 1 amide bonds. The molecule has 0 radical (unpaired) electrons. The number of hydrogen-bond acceptors (Lipinski definition) is 2. The number of amides is 1. The average Bonchev–Trinajstić information content (AvgIpc) is 2.48. The van der Waals surface area contributed by atoms with Crippen molar-refractivity contribution in [1.82, 2.24) is 0 Å². The molecule has 0 saturated heterocycles. The van der Waals surface area contributed by atoms with Gasteiger partial charge in [0.05, 0.1) is 10.1 Å². The molecular formula is C13H4Cl5NO2. The highest BCUT2D eigenvalue weighted by Crippen LogP contribution is 2.34. The summed E-state index contributed by atoms with van der Waals surface area (Å²) in [5, 5.41) is -0.649. The molecular weight excluding hydrogens is 379 g/mol. The Bertz CT molecular complexity index is 701. The molecule has 108 valence electrons. The van der Waals surface area contributed by atoms with Gasteiger partial charge in [-0.15, -0.1) is 0 Å². The van der Waals surface area contributed by atoms with Gasteiger partial charge in [0.1, 0.15) is 15.8 Å². The first-order valence-electron chi connectivity index (χ1n) is 5.37. The van der Waals surface area contributed by atoms with Crippen molar-refractivity contribution < 1.29 is 9.59 Å². The molecule has 1 aliphatic rings. The number of ketones is 1. The van der Waals surface area contributed by atoms with Gasteiger partial charge in [0.2, 0.25) is 5.78 Å². The lowest BCUT2D eigenvalue weighted by Gasteiger charge is -2.13. The van der Waals surface area contributed by atoms with Gasteiger partial charge in [-0.3, -0.25) is 9.59 Å². The number of aliphatic imine (C=N–C) groups is 1. The number of halogens is 5. The van der Waals surface area contributed by atoms with Gasteiger partial charge in [0.25, 0.3) is 5.91 Å². The standard InChI is InChI=1S/C13H4Cl5NO2/c14-6-3-1-5(2-4-6)13(21)19-11-7(15)9(17)12(20)10(18)8(11)16/h1-4H. The maximum absolute atomic E-state index is 12.0. The molecule has 0 aromatic heterocycles. The molecule has 2 rings (SSSR count). The second-order valence-corrected chi connectivity index (χ2v) is 5.81. The van der Waals surface area contributed by atoms with Crippen LogP contribution < -0.4 is 0 Å². The maximum Gasteiger partial charge on any atom is 0.277 e. The SMILES string of the molecule is O=C1C(Cl)=C(Cl)C(=NC(=O)c2ccc(Cl)cc2)C(Cl)=C1Cl. The molecule has 8 heteroatoms. The summed E-state index contributed by atoms with van der Waals surface area (Å²) in [4.78, 5) is 27.4. The van der Waals surface area contributed by atoms with Crippen LogP contribution >= 0.6 is 58.0 Å². The Labute approximate surface area is 144 Å². The largest absolute Gasteiger partial charge is 0.286 e. The zero-order valence-electron chi connectivity index (χ0n) is 9.96. The second-order valence-electron chi connectivity index (χ2n) is 3.86. The van der Waals surface area contributed by atoms with E-state index in [1.165, 1.54) is 24.3 Å². The van der Waals surface area contributed by atoms with E-state index in [2.05, 4.69) is 4.99 Å². The first-order chi connectivity index (χ1) is 9.82. The minimum atomic E-state index is -0.716. The van der Waals surface area contributed by atoms with E-state index in [-0.39, 0.29) is 31.4 Å². The Morgan fingerprint density at radius 2 is 1.29 bits per heavy atom. The van der Waals surface area contributed by atoms with Gasteiger partial charge in [-0.25, -0.2) is 4.99 Å². The average molecular weight is 383 g/mol. The number of nitrogens with zero attached hydrogens (tertiary/aromatic N) is 1. The zero-order valence-corrected chi connectivity index (χ0v) is 13.7. The summed E-state index contributed by atoms with van der Waals surface area (Å²) in [6.07, 6.45) is 0. The normalized spacial score (nSPS) is 15.7. The van der Waals surface area contributed by atoms with Gasteiger partial charge in [0.15, 0.2) is 0 Å². The van der Waals surface area contributed by atoms with Crippen molar-refractivity contribution >= 4 is 75.4 Å². The third-order valence-electron chi connectivity index (χ3n) is 2.50. The highest BCUT2D eigenvalue weighted by atomic mass is 35.5. The van der Waals surface area contributed by atoms with Gasteiger partial charge in [-0.2, -0.15) is 0 Å². The van der Waals surface area contributed by atoms with E-state index in [0.717, 1.165) is 0 Å². The van der Waals surface area contributed by atoms with Crippen molar-refractivity contribution in [2.24, 2.45) is 4.99 Å². The summed E-state index contributed by atoms with van der Waals surface area (Å²) in [6, 6.07) is 6.05. The lowest BCUT2D eigenvalue weighted by Crippen LogP contribution is -2.17. The van der Waals surface area contributed by atoms with E-state index < -0.39 is 11.7 Å². The molecule has 0 N–H and O–H groups in total. The fourth-order valence-corrected chi connectivity index (χ4v) is 2.49. The van der Waals surface area contributed by atoms with Gasteiger partial charge in [-0.1, -0.05) is 58.0 Å². The van der Waals surface area contributed by atoms with E-state index in [1.54, 1.807) is 0 Å². The molecule has 0 aliphatic heterocycles. The summed E-state index contributed by atoms with van der Waals surface area (Å²) < 4.78 is 0. The van der Waals surface area contributed by atoms with Crippen molar-refractivity contribution in [1.29, 1.82) is 0 Å². The van der Waals surface area contributed by atoms with E-state index in [9.17, 15) is 9.59 Å². The Morgan fingerprint density at radius 1 is 0.810 bits per heavy atom. The van der Waals surface area contributed by atoms with Crippen molar-refractivity contribution in [3.8, 4) is 0 Å². The van der Waals surface area contributed by atoms with Gasteiger partial charge in [-0.05, 0) is 24.3 Å². The van der Waals surface area contributed by atoms with E-state index in [4.69, 9.17) is 58.0 Å². The fourth-order valence-electron chi connectivity index (χ4n) is 1.46. The van der Waals surface area contributed by atoms with Crippen LogP contribution in [0.4, 0.5) is 0 Å². The van der Waals surface area contributed by atoms with Crippen LogP contribution in [0.25, 0.3) is 0 Å². The maximum atomic E-state index is 12.0. The molecule has 0 bridgehead atoms. The highest BCUT2D eigenvalue weighted by Gasteiger charge is 2.30. The summed E-state index contributed by atoms with van der Waals surface area (Å²) in [5.41, 5.74) is 0.123. The molecule has 21 heavy (non-hydrogen) atoms. The monoisotopic (exact) mass is 381 g/mol. The molecule has 0 atom stereocenters. The topological polar surface area (TPSA) is 46.5 Å². The third kappa shape index (κ3) is 3.33. The molecule has 1 aromatic rings. The Morgan fingerprint density at radius 3 is 1.76 bits per heavy atom. The molecule has 0 saturated carbocycles. The number of Topliss-reactive ketones (excluding diaryl/α,β-unsaturated/α-hetero) is 1. The Balaban J connectivity index is 2.46. The van der Waals surface area contributed by atoms with Gasteiger partial charge in [0, 0.05) is 10.6 Å². The number of hydrogen-bond donors (Lipinski definition) is 0. The summed E-state index contributed by atoms with van der Waals surface area (Å²) >= 11 is 29.0. The third-order valence-corrected chi connectivity index (χ3v) is 4.41. The predicted molar refractivity (Wildman–Crippen MR) is 85.7 cm³/mol. The van der Waals surface area contributed by atoms with Gasteiger partial charge < -0.3 is 0 Å². The smallest absolute Gasteiger partial charge is 0.277 e. The summed E-state index contributed by atoms with van der Waals surface area (Å²) in [5.74, 6) is -1.34. The highest BCUT2D eigenvalue weighted by molar-refractivity contribution is 6.70. The molecule has 0 fully saturated rings. The molecule has 0 spiro atoms. The number of carbonyl (C=O) groups excluding carboxylic acids is 2. The molecule has 0 heterocycles. The molecule has 0 unspecified atom stereocenters. The lowest BCUT2D eigenvalue weighted by atomic mass is 10.1. The minimum Gasteiger partial charge on any atom is -0.286 e. The minimum absolute atomic E-state index is 0.145. The second kappa shape index (κ2) is 6.51. The van der Waals surface area contributed by atoms with Crippen molar-refractivity contribution in [3.05, 3.63) is 55.0 Å². The zero-order chi connectivity index (χ0) is 15.7. The Hall–Kier alpha value is -0.840. The first-order valence-corrected chi connectivity index (χ1v) is 7.26. The first kappa shape index (κ1) is 16.5. The Kier molecular flexibility index (Phi) is 5.12. The van der Waals surface area contributed by atoms with Crippen LogP contribution in [0, 0.1) is 0 Å². The van der Waals surface area contributed by atoms with Crippen LogP contribution in [0.1, 0.15) is 10.4 Å². The lowest BCUT2D eigenvalue weighted by molar-refractivity contribution is -0.111. The van der Waals surface area contributed by atoms with Crippen molar-refractivity contribution in [3.63, 3.8) is 0 Å². The van der Waals surface area contributed by atoms with Gasteiger partial charge >= 0.3 is 0 Å². The number of benzene rings is 1. The number of allylic oxidation sites excluding steroid dienone is 4. The van der Waals surface area contributed by atoms with Crippen LogP contribution in [0.2, 0.25) is 5.02 Å². The van der Waals surface area contributed by atoms with Crippen LogP contribution in [-0.2, 0) is 4.79 Å². The summed E-state index contributed by atoms with van der Waals surface area (Å²) in [6.45, 7) is 0. The van der Waals surface area contributed by atoms with Crippen LogP contribution in [0.5, 0.6) is 0 Å². The van der Waals surface area contributed by atoms with Crippen LogP contribution in [0.15, 0.2) is 49.4 Å². The van der Waals surface area contributed by atoms with E-state index in [0.29, 0.717) is 5.02 Å².